The van der Waals surface area contributed by atoms with Gasteiger partial charge in [0.2, 0.25) is 0 Å². The molecule has 0 spiro atoms. The van der Waals surface area contributed by atoms with Crippen molar-refractivity contribution >= 4 is 17.4 Å². The lowest BCUT2D eigenvalue weighted by Crippen LogP contribution is -2.44. The maximum absolute atomic E-state index is 11.4. The molecular formula is C17H15ClN2O. The van der Waals surface area contributed by atoms with Crippen LogP contribution in [0.25, 0.3) is 0 Å². The van der Waals surface area contributed by atoms with Crippen LogP contribution in [0, 0.1) is 0 Å². The van der Waals surface area contributed by atoms with E-state index in [1.807, 2.05) is 53.4 Å². The molecule has 2 aromatic rings. The van der Waals surface area contributed by atoms with Gasteiger partial charge in [-0.25, -0.2) is 0 Å². The lowest BCUT2D eigenvalue weighted by molar-refractivity contribution is -0.0637. The SMILES string of the molecule is OC1(Cc2ccccc2Cl)c2ccccc2C2=NCCN21. The highest BCUT2D eigenvalue weighted by Gasteiger charge is 2.48. The standard InChI is InChI=1S/C17H15ClN2O/c18-15-8-4-1-5-12(15)11-17(21)14-7-3-2-6-13(14)16-19-9-10-20(16)17/h1-8,21H,9-11H2. The van der Waals surface area contributed by atoms with Crippen molar-refractivity contribution in [1.82, 2.24) is 4.90 Å². The molecule has 4 heteroatoms. The van der Waals surface area contributed by atoms with Crippen LogP contribution in [0.15, 0.2) is 53.5 Å². The predicted octanol–water partition coefficient (Wildman–Crippen LogP) is 2.80. The minimum absolute atomic E-state index is 0.461. The molecule has 1 atom stereocenters. The van der Waals surface area contributed by atoms with Gasteiger partial charge in [0.15, 0.2) is 5.72 Å². The highest BCUT2D eigenvalue weighted by atomic mass is 35.5. The fourth-order valence-corrected chi connectivity index (χ4v) is 3.51. The Labute approximate surface area is 128 Å². The van der Waals surface area contributed by atoms with E-state index in [1.54, 1.807) is 0 Å². The molecule has 1 N–H and O–H groups in total. The topological polar surface area (TPSA) is 35.8 Å². The van der Waals surface area contributed by atoms with Crippen LogP contribution < -0.4 is 0 Å². The van der Waals surface area contributed by atoms with Crippen LogP contribution in [0.2, 0.25) is 5.02 Å². The molecule has 0 saturated carbocycles. The smallest absolute Gasteiger partial charge is 0.170 e. The van der Waals surface area contributed by atoms with E-state index >= 15 is 0 Å². The summed E-state index contributed by atoms with van der Waals surface area (Å²) in [6.07, 6.45) is 0.461. The molecule has 21 heavy (non-hydrogen) atoms. The second-order valence-electron chi connectivity index (χ2n) is 5.49. The first-order valence-electron chi connectivity index (χ1n) is 7.08. The molecule has 0 amide bonds. The Morgan fingerprint density at radius 3 is 2.76 bits per heavy atom. The quantitative estimate of drug-likeness (QED) is 0.925. The van der Waals surface area contributed by atoms with Gasteiger partial charge < -0.3 is 10.0 Å². The lowest BCUT2D eigenvalue weighted by Gasteiger charge is -2.33. The minimum Gasteiger partial charge on any atom is -0.366 e. The number of hydrogen-bond acceptors (Lipinski definition) is 3. The molecule has 0 aromatic heterocycles. The zero-order valence-corrected chi connectivity index (χ0v) is 12.2. The number of halogens is 1. The van der Waals surface area contributed by atoms with Gasteiger partial charge in [-0.2, -0.15) is 0 Å². The molecule has 106 valence electrons. The second kappa shape index (κ2) is 4.58. The fraction of sp³-hybridized carbons (Fsp3) is 0.235. The first kappa shape index (κ1) is 12.9. The highest BCUT2D eigenvalue weighted by molar-refractivity contribution is 6.31. The molecule has 1 unspecified atom stereocenters. The number of benzene rings is 2. The van der Waals surface area contributed by atoms with Gasteiger partial charge in [-0.1, -0.05) is 54.1 Å². The molecule has 0 radical (unpaired) electrons. The normalized spacial score (nSPS) is 23.0. The number of aliphatic hydroxyl groups is 1. The monoisotopic (exact) mass is 298 g/mol. The third-order valence-electron chi connectivity index (χ3n) is 4.28. The molecule has 2 aliphatic rings. The van der Waals surface area contributed by atoms with Crippen LogP contribution in [0.1, 0.15) is 16.7 Å². The van der Waals surface area contributed by atoms with Crippen molar-refractivity contribution < 1.29 is 5.11 Å². The minimum atomic E-state index is -1.06. The van der Waals surface area contributed by atoms with Crippen molar-refractivity contribution in [2.24, 2.45) is 4.99 Å². The van der Waals surface area contributed by atoms with Crippen molar-refractivity contribution in [3.8, 4) is 0 Å². The first-order chi connectivity index (χ1) is 10.2. The molecule has 3 nitrogen and oxygen atoms in total. The maximum atomic E-state index is 11.4. The van der Waals surface area contributed by atoms with E-state index in [-0.39, 0.29) is 0 Å². The molecular weight excluding hydrogens is 284 g/mol. The Balaban J connectivity index is 1.83. The summed E-state index contributed by atoms with van der Waals surface area (Å²) in [6.45, 7) is 1.47. The van der Waals surface area contributed by atoms with Crippen LogP contribution in [-0.4, -0.2) is 28.9 Å². The van der Waals surface area contributed by atoms with Gasteiger partial charge >= 0.3 is 0 Å². The van der Waals surface area contributed by atoms with Crippen molar-refractivity contribution in [3.63, 3.8) is 0 Å². The van der Waals surface area contributed by atoms with Crippen molar-refractivity contribution in [1.29, 1.82) is 0 Å². The maximum Gasteiger partial charge on any atom is 0.170 e. The summed E-state index contributed by atoms with van der Waals surface area (Å²) in [5.41, 5.74) is 1.84. The summed E-state index contributed by atoms with van der Waals surface area (Å²) in [5, 5.41) is 12.1. The summed E-state index contributed by atoms with van der Waals surface area (Å²) < 4.78 is 0. The Kier molecular flexibility index (Phi) is 2.81. The molecule has 0 saturated heterocycles. The molecule has 2 aromatic carbocycles. The van der Waals surface area contributed by atoms with Crippen LogP contribution in [0.3, 0.4) is 0 Å². The Morgan fingerprint density at radius 1 is 1.14 bits per heavy atom. The summed E-state index contributed by atoms with van der Waals surface area (Å²) >= 11 is 6.27. The van der Waals surface area contributed by atoms with Crippen LogP contribution in [-0.2, 0) is 12.1 Å². The van der Waals surface area contributed by atoms with E-state index in [9.17, 15) is 5.11 Å². The summed E-state index contributed by atoms with van der Waals surface area (Å²) in [5.74, 6) is 0.903. The molecule has 0 aliphatic carbocycles. The van der Waals surface area contributed by atoms with Gasteiger partial charge in [-0.05, 0) is 11.6 Å². The highest BCUT2D eigenvalue weighted by Crippen LogP contribution is 2.42. The number of amidine groups is 1. The third kappa shape index (κ3) is 1.81. The van der Waals surface area contributed by atoms with E-state index < -0.39 is 5.72 Å². The molecule has 4 rings (SSSR count). The number of aliphatic imine (C=N–C) groups is 1. The third-order valence-corrected chi connectivity index (χ3v) is 4.65. The van der Waals surface area contributed by atoms with Gasteiger partial charge in [0.25, 0.3) is 0 Å². The zero-order chi connectivity index (χ0) is 14.4. The van der Waals surface area contributed by atoms with Gasteiger partial charge in [0.1, 0.15) is 5.84 Å². The molecule has 2 aliphatic heterocycles. The van der Waals surface area contributed by atoms with Gasteiger partial charge in [0, 0.05) is 29.1 Å². The first-order valence-corrected chi connectivity index (χ1v) is 7.46. The van der Waals surface area contributed by atoms with Crippen LogP contribution >= 0.6 is 11.6 Å². The van der Waals surface area contributed by atoms with Crippen molar-refractivity contribution in [2.75, 3.05) is 13.1 Å². The number of fused-ring (bicyclic) bond motifs is 3. The fourth-order valence-electron chi connectivity index (χ4n) is 3.31. The molecule has 0 fully saturated rings. The summed E-state index contributed by atoms with van der Waals surface area (Å²) in [4.78, 5) is 6.55. The van der Waals surface area contributed by atoms with Gasteiger partial charge in [0.05, 0.1) is 6.54 Å². The largest absolute Gasteiger partial charge is 0.366 e. The van der Waals surface area contributed by atoms with Gasteiger partial charge in [-0.3, -0.25) is 4.99 Å². The zero-order valence-electron chi connectivity index (χ0n) is 11.5. The Morgan fingerprint density at radius 2 is 1.90 bits per heavy atom. The Hall–Kier alpha value is -1.84. The average molecular weight is 299 g/mol. The van der Waals surface area contributed by atoms with E-state index in [4.69, 9.17) is 11.6 Å². The number of nitrogens with zero attached hydrogens (tertiary/aromatic N) is 2. The second-order valence-corrected chi connectivity index (χ2v) is 5.89. The number of hydrogen-bond donors (Lipinski definition) is 1. The predicted molar refractivity (Wildman–Crippen MR) is 83.6 cm³/mol. The summed E-state index contributed by atoms with van der Waals surface area (Å²) in [6, 6.07) is 15.6. The van der Waals surface area contributed by atoms with E-state index in [0.717, 1.165) is 35.6 Å². The van der Waals surface area contributed by atoms with E-state index in [0.29, 0.717) is 11.4 Å². The molecule has 2 heterocycles. The lowest BCUT2D eigenvalue weighted by atomic mass is 9.94. The average Bonchev–Trinajstić information content (AvgIpc) is 3.06. The van der Waals surface area contributed by atoms with E-state index in [2.05, 4.69) is 4.99 Å². The van der Waals surface area contributed by atoms with E-state index in [1.165, 1.54) is 0 Å². The van der Waals surface area contributed by atoms with Crippen LogP contribution in [0.4, 0.5) is 0 Å². The van der Waals surface area contributed by atoms with Crippen LogP contribution in [0.5, 0.6) is 0 Å². The van der Waals surface area contributed by atoms with Crippen molar-refractivity contribution in [3.05, 3.63) is 70.2 Å². The van der Waals surface area contributed by atoms with Gasteiger partial charge in [-0.15, -0.1) is 0 Å². The number of rotatable bonds is 2. The summed E-state index contributed by atoms with van der Waals surface area (Å²) in [7, 11) is 0. The van der Waals surface area contributed by atoms with Crippen molar-refractivity contribution in [2.45, 2.75) is 12.1 Å². The molecule has 0 bridgehead atoms. The Bertz CT molecular complexity index is 743.